The normalized spacial score (nSPS) is 17.7. The van der Waals surface area contributed by atoms with E-state index in [0.29, 0.717) is 22.1 Å². The van der Waals surface area contributed by atoms with E-state index in [1.807, 2.05) is 0 Å². The molecule has 3 rings (SSSR count). The Morgan fingerprint density at radius 1 is 1.35 bits per heavy atom. The highest BCUT2D eigenvalue weighted by molar-refractivity contribution is 6.31. The number of cyclic esters (lactones) is 1. The van der Waals surface area contributed by atoms with E-state index in [2.05, 4.69) is 0 Å². The minimum atomic E-state index is -1.33. The Kier molecular flexibility index (Phi) is 2.88. The predicted molar refractivity (Wildman–Crippen MR) is 71.1 cm³/mol. The van der Waals surface area contributed by atoms with Gasteiger partial charge < -0.3 is 14.9 Å². The highest BCUT2D eigenvalue weighted by Gasteiger charge is 2.31. The highest BCUT2D eigenvalue weighted by Crippen LogP contribution is 2.38. The van der Waals surface area contributed by atoms with E-state index >= 15 is 0 Å². The number of carbonyl (C=O) groups excluding carboxylic acids is 2. The van der Waals surface area contributed by atoms with Crippen LogP contribution in [-0.2, 0) is 11.2 Å². The van der Waals surface area contributed by atoms with Gasteiger partial charge in [-0.15, -0.1) is 0 Å². The number of fused-ring (bicyclic) bond motifs is 3. The average molecular weight is 293 g/mol. The summed E-state index contributed by atoms with van der Waals surface area (Å²) in [7, 11) is 0. The summed E-state index contributed by atoms with van der Waals surface area (Å²) in [6.07, 6.45) is -0.914. The van der Waals surface area contributed by atoms with Gasteiger partial charge in [-0.05, 0) is 23.8 Å². The van der Waals surface area contributed by atoms with E-state index in [-0.39, 0.29) is 28.9 Å². The Labute approximate surface area is 118 Å². The van der Waals surface area contributed by atoms with Crippen molar-refractivity contribution in [2.24, 2.45) is 0 Å². The van der Waals surface area contributed by atoms with Gasteiger partial charge in [-0.1, -0.05) is 11.6 Å². The number of hydrogen-bond acceptors (Lipinski definition) is 5. The first kappa shape index (κ1) is 12.9. The van der Waals surface area contributed by atoms with Crippen LogP contribution in [0.2, 0.25) is 5.02 Å². The largest absolute Gasteiger partial charge is 0.507 e. The van der Waals surface area contributed by atoms with Gasteiger partial charge in [0.05, 0.1) is 11.1 Å². The molecule has 0 fully saturated rings. The molecule has 0 saturated heterocycles. The second kappa shape index (κ2) is 4.47. The molecule has 0 aromatic heterocycles. The van der Waals surface area contributed by atoms with Gasteiger partial charge >= 0.3 is 5.97 Å². The molecule has 1 aliphatic rings. The van der Waals surface area contributed by atoms with Crippen LogP contribution in [0.15, 0.2) is 18.2 Å². The molecule has 0 amide bonds. The standard InChI is InChI=1S/C14H9ClO5/c15-6-1-2-7-8(3-6)12-9(10(5-16)13(7)18)4-11(17)20-14(12)19/h1-3,5,11,17-18H,4H2. The number of phenolic OH excluding ortho intramolecular Hbond substituents is 1. The number of halogens is 1. The molecule has 2 N–H and O–H groups in total. The van der Waals surface area contributed by atoms with Crippen molar-refractivity contribution in [2.45, 2.75) is 12.7 Å². The van der Waals surface area contributed by atoms with E-state index in [1.54, 1.807) is 6.07 Å². The Hall–Kier alpha value is -2.11. The fraction of sp³-hybridized carbons (Fsp3) is 0.143. The number of ether oxygens (including phenoxy) is 1. The van der Waals surface area contributed by atoms with Crippen molar-refractivity contribution in [1.82, 2.24) is 0 Å². The predicted octanol–water partition coefficient (Wildman–Crippen LogP) is 2.04. The zero-order chi connectivity index (χ0) is 14.4. The maximum atomic E-state index is 12.0. The van der Waals surface area contributed by atoms with Crippen LogP contribution in [0.5, 0.6) is 5.75 Å². The number of aromatic hydroxyl groups is 1. The summed E-state index contributed by atoms with van der Waals surface area (Å²) in [6, 6.07) is 4.59. The van der Waals surface area contributed by atoms with Gasteiger partial charge in [0, 0.05) is 22.2 Å². The summed E-state index contributed by atoms with van der Waals surface area (Å²) >= 11 is 5.91. The van der Waals surface area contributed by atoms with Crippen molar-refractivity contribution in [3.63, 3.8) is 0 Å². The summed E-state index contributed by atoms with van der Waals surface area (Å²) < 4.78 is 4.78. The third-order valence-corrected chi connectivity index (χ3v) is 3.57. The van der Waals surface area contributed by atoms with Crippen LogP contribution in [0.3, 0.4) is 0 Å². The fourth-order valence-corrected chi connectivity index (χ4v) is 2.66. The Morgan fingerprint density at radius 3 is 2.80 bits per heavy atom. The molecule has 20 heavy (non-hydrogen) atoms. The molecule has 1 heterocycles. The molecule has 1 unspecified atom stereocenters. The van der Waals surface area contributed by atoms with Crippen LogP contribution in [-0.4, -0.2) is 28.8 Å². The Bertz CT molecular complexity index is 753. The lowest BCUT2D eigenvalue weighted by Gasteiger charge is -2.24. The number of aldehydes is 1. The summed E-state index contributed by atoms with van der Waals surface area (Å²) in [5.74, 6) is -0.971. The number of esters is 1. The molecule has 6 heteroatoms. The van der Waals surface area contributed by atoms with E-state index in [9.17, 15) is 19.8 Å². The third kappa shape index (κ3) is 1.75. The molecule has 102 valence electrons. The highest BCUT2D eigenvalue weighted by atomic mass is 35.5. The molecule has 5 nitrogen and oxygen atoms in total. The van der Waals surface area contributed by atoms with Gasteiger partial charge in [0.15, 0.2) is 6.29 Å². The topological polar surface area (TPSA) is 83.8 Å². The maximum Gasteiger partial charge on any atom is 0.341 e. The fourth-order valence-electron chi connectivity index (χ4n) is 2.49. The molecular formula is C14H9ClO5. The van der Waals surface area contributed by atoms with Crippen LogP contribution in [0.25, 0.3) is 10.8 Å². The van der Waals surface area contributed by atoms with Crippen LogP contribution >= 0.6 is 11.6 Å². The molecular weight excluding hydrogens is 284 g/mol. The van der Waals surface area contributed by atoms with Crippen molar-refractivity contribution in [3.05, 3.63) is 39.9 Å². The van der Waals surface area contributed by atoms with Crippen LogP contribution in [0.4, 0.5) is 0 Å². The van der Waals surface area contributed by atoms with Crippen molar-refractivity contribution in [1.29, 1.82) is 0 Å². The molecule has 2 aromatic rings. The quantitative estimate of drug-likeness (QED) is 0.621. The summed E-state index contributed by atoms with van der Waals surface area (Å²) in [4.78, 5) is 23.2. The van der Waals surface area contributed by atoms with Gasteiger partial charge in [-0.25, -0.2) is 4.79 Å². The van der Waals surface area contributed by atoms with Crippen LogP contribution in [0, 0.1) is 0 Å². The van der Waals surface area contributed by atoms with Crippen molar-refractivity contribution in [2.75, 3.05) is 0 Å². The van der Waals surface area contributed by atoms with E-state index in [4.69, 9.17) is 16.3 Å². The molecule has 0 radical (unpaired) electrons. The second-order valence-corrected chi connectivity index (χ2v) is 4.92. The second-order valence-electron chi connectivity index (χ2n) is 4.49. The molecule has 0 saturated carbocycles. The molecule has 1 aliphatic heterocycles. The van der Waals surface area contributed by atoms with Gasteiger partial charge in [0.25, 0.3) is 0 Å². The van der Waals surface area contributed by atoms with Gasteiger partial charge in [0.2, 0.25) is 6.29 Å². The minimum Gasteiger partial charge on any atom is -0.507 e. The smallest absolute Gasteiger partial charge is 0.341 e. The molecule has 0 aliphatic carbocycles. The number of hydrogen-bond donors (Lipinski definition) is 2. The van der Waals surface area contributed by atoms with Gasteiger partial charge in [0.1, 0.15) is 5.75 Å². The lowest BCUT2D eigenvalue weighted by atomic mass is 9.90. The van der Waals surface area contributed by atoms with Crippen LogP contribution in [0.1, 0.15) is 26.3 Å². The van der Waals surface area contributed by atoms with E-state index in [1.165, 1.54) is 12.1 Å². The van der Waals surface area contributed by atoms with Gasteiger partial charge in [-0.2, -0.15) is 0 Å². The Morgan fingerprint density at radius 2 is 2.10 bits per heavy atom. The summed E-state index contributed by atoms with van der Waals surface area (Å²) in [6.45, 7) is 0. The molecule has 0 spiro atoms. The SMILES string of the molecule is O=Cc1c2c(c3cc(Cl)ccc3c1O)C(=O)OC(O)C2. The van der Waals surface area contributed by atoms with Crippen molar-refractivity contribution < 1.29 is 24.5 Å². The summed E-state index contributed by atoms with van der Waals surface area (Å²) in [5, 5.41) is 20.8. The van der Waals surface area contributed by atoms with Crippen molar-refractivity contribution in [3.8, 4) is 5.75 Å². The minimum absolute atomic E-state index is 0.00878. The molecule has 2 aromatic carbocycles. The van der Waals surface area contributed by atoms with E-state index in [0.717, 1.165) is 0 Å². The van der Waals surface area contributed by atoms with E-state index < -0.39 is 12.3 Å². The number of aliphatic hydroxyl groups is 1. The lowest BCUT2D eigenvalue weighted by molar-refractivity contribution is -0.0685. The lowest BCUT2D eigenvalue weighted by Crippen LogP contribution is -2.28. The number of carbonyl (C=O) groups is 2. The Balaban J connectivity index is 2.50. The molecule has 0 bridgehead atoms. The third-order valence-electron chi connectivity index (χ3n) is 3.33. The number of rotatable bonds is 1. The van der Waals surface area contributed by atoms with Crippen LogP contribution < -0.4 is 0 Å². The average Bonchev–Trinajstić information content (AvgIpc) is 2.38. The molecule has 1 atom stereocenters. The zero-order valence-corrected chi connectivity index (χ0v) is 10.8. The zero-order valence-electron chi connectivity index (χ0n) is 10.1. The van der Waals surface area contributed by atoms with Gasteiger partial charge in [-0.3, -0.25) is 4.79 Å². The summed E-state index contributed by atoms with van der Waals surface area (Å²) in [5.41, 5.74) is 0.425. The van der Waals surface area contributed by atoms with Crippen molar-refractivity contribution >= 4 is 34.6 Å². The number of phenols is 1. The number of aliphatic hydroxyl groups excluding tert-OH is 1. The monoisotopic (exact) mass is 292 g/mol. The maximum absolute atomic E-state index is 12.0. The number of benzene rings is 2. The first-order valence-corrected chi connectivity index (χ1v) is 6.22. The first-order chi connectivity index (χ1) is 9.52. The first-order valence-electron chi connectivity index (χ1n) is 5.84.